The molecule has 0 spiro atoms. The maximum absolute atomic E-state index is 13.4. The number of rotatable bonds is 8. The number of hydrogen-bond donors (Lipinski definition) is 1. The van der Waals surface area contributed by atoms with Gasteiger partial charge in [-0.1, -0.05) is 44.8 Å². The molecule has 0 bridgehead atoms. The van der Waals surface area contributed by atoms with Gasteiger partial charge >= 0.3 is 5.69 Å². The number of halogens is 3. The Morgan fingerprint density at radius 1 is 1.21 bits per heavy atom. The summed E-state index contributed by atoms with van der Waals surface area (Å²) in [6.07, 6.45) is 1.62. The summed E-state index contributed by atoms with van der Waals surface area (Å²) in [4.78, 5) is 41.2. The molecule has 0 atom stereocenters. The maximum atomic E-state index is 13.4. The lowest BCUT2D eigenvalue weighted by atomic mass is 10.2. The van der Waals surface area contributed by atoms with Gasteiger partial charge in [0.25, 0.3) is 11.5 Å². The molecule has 13 heteroatoms. The van der Waals surface area contributed by atoms with Crippen LogP contribution < -0.4 is 15.6 Å². The third kappa shape index (κ3) is 6.11. The number of anilines is 1. The minimum atomic E-state index is -0.666. The summed E-state index contributed by atoms with van der Waals surface area (Å²) < 4.78 is 21.1. The monoisotopic (exact) mass is 645 g/mol. The number of nitrogens with zero attached hydrogens (tertiary/aromatic N) is 4. The second-order valence-electron chi connectivity index (χ2n) is 7.85. The molecular formula is C25H18Br2FN5O5. The Morgan fingerprint density at radius 3 is 2.71 bits per heavy atom. The Bertz CT molecular complexity index is 1660. The highest BCUT2D eigenvalue weighted by Crippen LogP contribution is 2.34. The van der Waals surface area contributed by atoms with Crippen LogP contribution in [0, 0.1) is 15.9 Å². The van der Waals surface area contributed by atoms with Crippen molar-refractivity contribution in [2.75, 3.05) is 11.9 Å². The van der Waals surface area contributed by atoms with E-state index in [0.29, 0.717) is 32.1 Å². The van der Waals surface area contributed by atoms with Crippen LogP contribution in [0.5, 0.6) is 5.75 Å². The number of hydrogen-bond acceptors (Lipinski definition) is 7. The van der Waals surface area contributed by atoms with Gasteiger partial charge in [0.1, 0.15) is 11.6 Å². The topological polar surface area (TPSA) is 129 Å². The van der Waals surface area contributed by atoms with E-state index in [1.165, 1.54) is 36.5 Å². The van der Waals surface area contributed by atoms with Crippen LogP contribution in [-0.4, -0.2) is 33.3 Å². The molecule has 0 aliphatic carbocycles. The molecule has 0 radical (unpaired) electrons. The average Bonchev–Trinajstić information content (AvgIpc) is 2.87. The summed E-state index contributed by atoms with van der Waals surface area (Å²) in [6.45, 7) is 1.21. The summed E-state index contributed by atoms with van der Waals surface area (Å²) in [6, 6.07) is 13.1. The summed E-state index contributed by atoms with van der Waals surface area (Å²) in [5, 5.41) is 18.8. The second-order valence-corrected chi connectivity index (χ2v) is 9.68. The molecule has 4 rings (SSSR count). The van der Waals surface area contributed by atoms with Gasteiger partial charge in [0, 0.05) is 32.7 Å². The first-order valence-corrected chi connectivity index (χ1v) is 12.7. The van der Waals surface area contributed by atoms with Gasteiger partial charge in [-0.15, -0.1) is 0 Å². The number of aryl methyl sites for hydroxylation is 1. The zero-order valence-electron chi connectivity index (χ0n) is 19.7. The Labute approximate surface area is 231 Å². The van der Waals surface area contributed by atoms with Gasteiger partial charge in [-0.05, 0) is 42.5 Å². The number of nitrogens with one attached hydrogen (secondary N) is 1. The van der Waals surface area contributed by atoms with E-state index in [-0.39, 0.29) is 17.0 Å². The third-order valence-corrected chi connectivity index (χ3v) is 6.17. The number of carbonyl (C=O) groups excluding carboxylic acids is 1. The number of aromatic nitrogens is 2. The molecule has 10 nitrogen and oxygen atoms in total. The van der Waals surface area contributed by atoms with Gasteiger partial charge in [-0.3, -0.25) is 19.7 Å². The normalized spacial score (nSPS) is 11.2. The molecule has 1 heterocycles. The van der Waals surface area contributed by atoms with E-state index in [9.17, 15) is 24.1 Å². The zero-order valence-corrected chi connectivity index (χ0v) is 22.8. The first-order valence-electron chi connectivity index (χ1n) is 11.1. The van der Waals surface area contributed by atoms with Crippen molar-refractivity contribution in [3.05, 3.63) is 101 Å². The lowest BCUT2D eigenvalue weighted by Gasteiger charge is -2.11. The van der Waals surface area contributed by atoms with Crippen molar-refractivity contribution < 1.29 is 18.8 Å². The minimum absolute atomic E-state index is 0.132. The molecular weight excluding hydrogens is 629 g/mol. The van der Waals surface area contributed by atoms with Crippen LogP contribution >= 0.6 is 31.9 Å². The molecule has 1 aromatic heterocycles. The maximum Gasteiger partial charge on any atom is 0.312 e. The molecule has 0 saturated carbocycles. The van der Waals surface area contributed by atoms with Crippen molar-refractivity contribution in [2.24, 2.45) is 5.10 Å². The van der Waals surface area contributed by atoms with E-state index in [1.54, 1.807) is 18.2 Å². The molecule has 1 amide bonds. The van der Waals surface area contributed by atoms with E-state index in [4.69, 9.17) is 4.74 Å². The number of ether oxygens (including phenoxy) is 1. The first kappa shape index (κ1) is 27.1. The SMILES string of the molecule is CCc1nc2ccc(Br)cc2c(=O)n1N=Cc1cc(Br)cc([N+](=O)[O-])c1OCC(=O)Nc1cccc(F)c1. The standard InChI is InChI=1S/C25H18Br2FN5O5/c1-2-22-31-20-7-6-15(26)9-19(20)25(35)32(22)29-12-14-8-16(27)10-21(33(36)37)24(14)38-13-23(34)30-18-5-3-4-17(28)11-18/h3-12H,2,13H2,1H3,(H,30,34). The number of nitro benzene ring substituents is 1. The summed E-state index contributed by atoms with van der Waals surface area (Å²) in [7, 11) is 0. The predicted octanol–water partition coefficient (Wildman–Crippen LogP) is 5.43. The Morgan fingerprint density at radius 2 is 2.00 bits per heavy atom. The van der Waals surface area contributed by atoms with Crippen molar-refractivity contribution in [1.82, 2.24) is 9.66 Å². The van der Waals surface area contributed by atoms with E-state index in [1.807, 2.05) is 6.92 Å². The number of carbonyl (C=O) groups is 1. The van der Waals surface area contributed by atoms with Crippen LogP contribution in [0.1, 0.15) is 18.3 Å². The molecule has 0 unspecified atom stereocenters. The molecule has 0 aliphatic rings. The number of benzene rings is 3. The van der Waals surface area contributed by atoms with Gasteiger partial charge < -0.3 is 10.1 Å². The zero-order chi connectivity index (χ0) is 27.4. The second kappa shape index (κ2) is 11.6. The fourth-order valence-corrected chi connectivity index (χ4v) is 4.38. The molecule has 194 valence electrons. The lowest BCUT2D eigenvalue weighted by molar-refractivity contribution is -0.385. The summed E-state index contributed by atoms with van der Waals surface area (Å²) in [5.41, 5.74) is -0.0118. The van der Waals surface area contributed by atoms with Gasteiger partial charge in [0.2, 0.25) is 5.75 Å². The first-order chi connectivity index (χ1) is 18.2. The van der Waals surface area contributed by atoms with Crippen LogP contribution in [0.4, 0.5) is 15.8 Å². The van der Waals surface area contributed by atoms with Crippen LogP contribution in [0.25, 0.3) is 10.9 Å². The summed E-state index contributed by atoms with van der Waals surface area (Å²) >= 11 is 6.58. The predicted molar refractivity (Wildman–Crippen MR) is 147 cm³/mol. The highest BCUT2D eigenvalue weighted by atomic mass is 79.9. The van der Waals surface area contributed by atoms with E-state index in [2.05, 4.69) is 47.3 Å². The molecule has 3 aromatic carbocycles. The molecule has 4 aromatic rings. The van der Waals surface area contributed by atoms with E-state index >= 15 is 0 Å². The molecule has 0 saturated heterocycles. The van der Waals surface area contributed by atoms with Gasteiger partial charge in [-0.2, -0.15) is 9.78 Å². The van der Waals surface area contributed by atoms with Gasteiger partial charge in [-0.25, -0.2) is 9.37 Å². The third-order valence-electron chi connectivity index (χ3n) is 5.22. The lowest BCUT2D eigenvalue weighted by Crippen LogP contribution is -2.22. The number of nitro groups is 1. The number of amides is 1. The average molecular weight is 647 g/mol. The van der Waals surface area contributed by atoms with Crippen molar-refractivity contribution in [1.29, 1.82) is 0 Å². The fraction of sp³-hybridized carbons (Fsp3) is 0.120. The molecule has 1 N–H and O–H groups in total. The van der Waals surface area contributed by atoms with Crippen molar-refractivity contribution >= 4 is 66.3 Å². The Balaban J connectivity index is 1.70. The van der Waals surface area contributed by atoms with Crippen LogP contribution in [-0.2, 0) is 11.2 Å². The number of fused-ring (bicyclic) bond motifs is 1. The van der Waals surface area contributed by atoms with Crippen molar-refractivity contribution in [3.8, 4) is 5.75 Å². The Kier molecular flexibility index (Phi) is 8.27. The highest BCUT2D eigenvalue weighted by molar-refractivity contribution is 9.10. The van der Waals surface area contributed by atoms with Gasteiger partial charge in [0.05, 0.1) is 22.0 Å². The smallest absolute Gasteiger partial charge is 0.312 e. The quantitative estimate of drug-likeness (QED) is 0.154. The van der Waals surface area contributed by atoms with Gasteiger partial charge in [0.15, 0.2) is 6.61 Å². The molecule has 0 aliphatic heterocycles. The van der Waals surface area contributed by atoms with Crippen LogP contribution in [0.15, 0.2) is 73.4 Å². The van der Waals surface area contributed by atoms with Crippen molar-refractivity contribution in [2.45, 2.75) is 13.3 Å². The highest BCUT2D eigenvalue weighted by Gasteiger charge is 2.22. The molecule has 0 fully saturated rings. The molecule has 38 heavy (non-hydrogen) atoms. The largest absolute Gasteiger partial charge is 0.476 e. The van der Waals surface area contributed by atoms with E-state index < -0.39 is 34.5 Å². The Hall–Kier alpha value is -3.97. The van der Waals surface area contributed by atoms with Crippen molar-refractivity contribution in [3.63, 3.8) is 0 Å². The van der Waals surface area contributed by atoms with E-state index in [0.717, 1.165) is 10.7 Å². The van der Waals surface area contributed by atoms with Crippen LogP contribution in [0.2, 0.25) is 0 Å². The summed E-state index contributed by atoms with van der Waals surface area (Å²) in [5.74, 6) is -1.06. The van der Waals surface area contributed by atoms with Crippen LogP contribution in [0.3, 0.4) is 0 Å². The minimum Gasteiger partial charge on any atom is -0.476 e. The fourth-order valence-electron chi connectivity index (χ4n) is 3.55.